The van der Waals surface area contributed by atoms with Crippen LogP contribution in [0.5, 0.6) is 17.2 Å². The van der Waals surface area contributed by atoms with Gasteiger partial charge in [-0.2, -0.15) is 0 Å². The minimum Gasteiger partial charge on any atom is -0.496 e. The van der Waals surface area contributed by atoms with Crippen LogP contribution in [0, 0.1) is 0 Å². The van der Waals surface area contributed by atoms with Gasteiger partial charge < -0.3 is 24.4 Å². The molecule has 7 heteroatoms. The third-order valence-corrected chi connectivity index (χ3v) is 4.86. The summed E-state index contributed by atoms with van der Waals surface area (Å²) in [5.41, 5.74) is 2.70. The van der Waals surface area contributed by atoms with Crippen molar-refractivity contribution in [1.82, 2.24) is 5.32 Å². The molecule has 0 fully saturated rings. The molecule has 3 aromatic carbocycles. The number of nitrogens with one attached hydrogen (secondary N) is 1. The van der Waals surface area contributed by atoms with E-state index in [0.29, 0.717) is 24.7 Å². The molecule has 7 nitrogen and oxygen atoms in total. The van der Waals surface area contributed by atoms with Crippen molar-refractivity contribution in [3.63, 3.8) is 0 Å². The van der Waals surface area contributed by atoms with E-state index in [0.717, 1.165) is 22.4 Å². The number of methoxy groups -OCH3 is 2. The quantitative estimate of drug-likeness (QED) is 0.349. The Morgan fingerprint density at radius 2 is 1.67 bits per heavy atom. The number of carbonyl (C=O) groups is 1. The Kier molecular flexibility index (Phi) is 8.71. The van der Waals surface area contributed by atoms with Crippen molar-refractivity contribution in [1.29, 1.82) is 0 Å². The minimum absolute atomic E-state index is 0.278. The second-order valence-corrected chi connectivity index (χ2v) is 7.20. The standard InChI is InChI=1S/C26H28N2O5/c1-19(26(29)27-17-22-11-7-8-12-23(22)30-2)33-28-16-21-13-14-24(25(15-21)31-3)32-18-20-9-5-4-6-10-20/h4-16,19H,17-18H2,1-3H3,(H,27,29)/b28-16+. The normalized spacial score (nSPS) is 11.6. The van der Waals surface area contributed by atoms with Crippen LogP contribution in [0.3, 0.4) is 0 Å². The van der Waals surface area contributed by atoms with Crippen molar-refractivity contribution in [3.8, 4) is 17.2 Å². The second-order valence-electron chi connectivity index (χ2n) is 7.20. The molecule has 0 aliphatic carbocycles. The zero-order chi connectivity index (χ0) is 23.5. The molecule has 1 unspecified atom stereocenters. The molecule has 33 heavy (non-hydrogen) atoms. The summed E-state index contributed by atoms with van der Waals surface area (Å²) in [6, 6.07) is 22.8. The Labute approximate surface area is 193 Å². The summed E-state index contributed by atoms with van der Waals surface area (Å²) in [7, 11) is 3.17. The second kappa shape index (κ2) is 12.1. The fourth-order valence-electron chi connectivity index (χ4n) is 3.02. The predicted molar refractivity (Wildman–Crippen MR) is 127 cm³/mol. The van der Waals surface area contributed by atoms with E-state index in [9.17, 15) is 4.79 Å². The molecular weight excluding hydrogens is 420 g/mol. The van der Waals surface area contributed by atoms with Gasteiger partial charge in [-0.1, -0.05) is 53.7 Å². The first-order chi connectivity index (χ1) is 16.1. The number of hydrogen-bond acceptors (Lipinski definition) is 6. The predicted octanol–water partition coefficient (Wildman–Crippen LogP) is 4.34. The van der Waals surface area contributed by atoms with Gasteiger partial charge in [0, 0.05) is 17.7 Å². The Bertz CT molecular complexity index is 1070. The van der Waals surface area contributed by atoms with Crippen LogP contribution in [0.2, 0.25) is 0 Å². The molecule has 172 valence electrons. The highest BCUT2D eigenvalue weighted by molar-refractivity contribution is 5.82. The Balaban J connectivity index is 1.51. The maximum Gasteiger partial charge on any atom is 0.263 e. The maximum atomic E-state index is 12.3. The SMILES string of the molecule is COc1ccccc1CNC(=O)C(C)O/N=C/c1ccc(OCc2ccccc2)c(OC)c1. The van der Waals surface area contributed by atoms with Crippen LogP contribution in [-0.2, 0) is 22.8 Å². The molecular formula is C26H28N2O5. The molecule has 0 heterocycles. The lowest BCUT2D eigenvalue weighted by Crippen LogP contribution is -2.33. The molecule has 0 spiro atoms. The molecule has 3 aromatic rings. The molecule has 0 aromatic heterocycles. The maximum absolute atomic E-state index is 12.3. The number of oxime groups is 1. The van der Waals surface area contributed by atoms with E-state index < -0.39 is 6.10 Å². The van der Waals surface area contributed by atoms with Crippen LogP contribution >= 0.6 is 0 Å². The first-order valence-corrected chi connectivity index (χ1v) is 10.5. The monoisotopic (exact) mass is 448 g/mol. The number of ether oxygens (including phenoxy) is 3. The average molecular weight is 449 g/mol. The molecule has 1 N–H and O–H groups in total. The Hall–Kier alpha value is -4.00. The van der Waals surface area contributed by atoms with Gasteiger partial charge in [-0.3, -0.25) is 4.79 Å². The number of hydrogen-bond donors (Lipinski definition) is 1. The smallest absolute Gasteiger partial charge is 0.263 e. The van der Waals surface area contributed by atoms with Crippen molar-refractivity contribution < 1.29 is 23.8 Å². The summed E-state index contributed by atoms with van der Waals surface area (Å²) < 4.78 is 16.6. The third kappa shape index (κ3) is 7.00. The summed E-state index contributed by atoms with van der Waals surface area (Å²) in [6.45, 7) is 2.41. The number of amides is 1. The van der Waals surface area contributed by atoms with Crippen LogP contribution in [0.1, 0.15) is 23.6 Å². The topological polar surface area (TPSA) is 78.4 Å². The van der Waals surface area contributed by atoms with Crippen molar-refractivity contribution in [2.75, 3.05) is 14.2 Å². The van der Waals surface area contributed by atoms with Crippen molar-refractivity contribution in [3.05, 3.63) is 89.5 Å². The van der Waals surface area contributed by atoms with Gasteiger partial charge in [-0.15, -0.1) is 0 Å². The number of nitrogens with zero attached hydrogens (tertiary/aromatic N) is 1. The summed E-state index contributed by atoms with van der Waals surface area (Å²) in [5, 5.41) is 6.76. The van der Waals surface area contributed by atoms with Crippen LogP contribution in [0.25, 0.3) is 0 Å². The highest BCUT2D eigenvalue weighted by Crippen LogP contribution is 2.28. The summed E-state index contributed by atoms with van der Waals surface area (Å²) in [4.78, 5) is 17.6. The van der Waals surface area contributed by atoms with E-state index >= 15 is 0 Å². The van der Waals surface area contributed by atoms with Gasteiger partial charge in [-0.25, -0.2) is 0 Å². The van der Waals surface area contributed by atoms with Gasteiger partial charge in [0.25, 0.3) is 5.91 Å². The summed E-state index contributed by atoms with van der Waals surface area (Å²) in [6.07, 6.45) is 0.763. The number of para-hydroxylation sites is 1. The van der Waals surface area contributed by atoms with Gasteiger partial charge in [0.2, 0.25) is 6.10 Å². The lowest BCUT2D eigenvalue weighted by Gasteiger charge is -2.13. The van der Waals surface area contributed by atoms with E-state index in [1.54, 1.807) is 27.2 Å². The number of rotatable bonds is 11. The zero-order valence-corrected chi connectivity index (χ0v) is 19.0. The van der Waals surface area contributed by atoms with Crippen molar-refractivity contribution in [2.24, 2.45) is 5.16 Å². The molecule has 0 saturated heterocycles. The van der Waals surface area contributed by atoms with Gasteiger partial charge in [0.1, 0.15) is 12.4 Å². The summed E-state index contributed by atoms with van der Waals surface area (Å²) in [5.74, 6) is 1.65. The molecule has 0 saturated carbocycles. The molecule has 1 atom stereocenters. The molecule has 0 radical (unpaired) electrons. The van der Waals surface area contributed by atoms with E-state index in [1.165, 1.54) is 6.21 Å². The highest BCUT2D eigenvalue weighted by Gasteiger charge is 2.14. The number of carbonyl (C=O) groups excluding carboxylic acids is 1. The molecule has 0 bridgehead atoms. The lowest BCUT2D eigenvalue weighted by molar-refractivity contribution is -0.131. The van der Waals surface area contributed by atoms with Crippen LogP contribution in [0.4, 0.5) is 0 Å². The third-order valence-electron chi connectivity index (χ3n) is 4.86. The van der Waals surface area contributed by atoms with Crippen molar-refractivity contribution in [2.45, 2.75) is 26.2 Å². The first-order valence-electron chi connectivity index (χ1n) is 10.5. The van der Waals surface area contributed by atoms with E-state index in [-0.39, 0.29) is 5.91 Å². The lowest BCUT2D eigenvalue weighted by atomic mass is 10.2. The first kappa shape index (κ1) is 23.7. The Morgan fingerprint density at radius 1 is 0.939 bits per heavy atom. The van der Waals surface area contributed by atoms with Gasteiger partial charge >= 0.3 is 0 Å². The largest absolute Gasteiger partial charge is 0.496 e. The van der Waals surface area contributed by atoms with E-state index in [4.69, 9.17) is 19.0 Å². The van der Waals surface area contributed by atoms with Crippen LogP contribution in [-0.4, -0.2) is 32.4 Å². The fraction of sp³-hybridized carbons (Fsp3) is 0.231. The van der Waals surface area contributed by atoms with Crippen molar-refractivity contribution >= 4 is 12.1 Å². The zero-order valence-electron chi connectivity index (χ0n) is 19.0. The molecule has 0 aliphatic rings. The average Bonchev–Trinajstić information content (AvgIpc) is 2.86. The minimum atomic E-state index is -0.758. The highest BCUT2D eigenvalue weighted by atomic mass is 16.6. The summed E-state index contributed by atoms with van der Waals surface area (Å²) >= 11 is 0. The van der Waals surface area contributed by atoms with Gasteiger partial charge in [0.15, 0.2) is 11.5 Å². The molecule has 0 aliphatic heterocycles. The number of benzene rings is 3. The van der Waals surface area contributed by atoms with E-state index in [1.807, 2.05) is 66.7 Å². The Morgan fingerprint density at radius 3 is 2.42 bits per heavy atom. The van der Waals surface area contributed by atoms with Gasteiger partial charge in [0.05, 0.1) is 20.4 Å². The van der Waals surface area contributed by atoms with Gasteiger partial charge in [-0.05, 0) is 36.8 Å². The van der Waals surface area contributed by atoms with Crippen LogP contribution in [0.15, 0.2) is 78.0 Å². The molecule has 1 amide bonds. The van der Waals surface area contributed by atoms with Crippen LogP contribution < -0.4 is 19.5 Å². The molecule has 3 rings (SSSR count). The fourth-order valence-corrected chi connectivity index (χ4v) is 3.02. The van der Waals surface area contributed by atoms with E-state index in [2.05, 4.69) is 10.5 Å².